The Balaban J connectivity index is 1.77. The zero-order valence-electron chi connectivity index (χ0n) is 11.7. The van der Waals surface area contributed by atoms with Crippen molar-refractivity contribution >= 4 is 23.4 Å². The van der Waals surface area contributed by atoms with E-state index in [2.05, 4.69) is 10.5 Å². The number of hydrogen-bond acceptors (Lipinski definition) is 3. The Morgan fingerprint density at radius 1 is 1.48 bits per heavy atom. The number of aryl methyl sites for hydroxylation is 1. The molecule has 0 bridgehead atoms. The number of rotatable bonds is 2. The summed E-state index contributed by atoms with van der Waals surface area (Å²) < 4.78 is 4.95. The van der Waals surface area contributed by atoms with Gasteiger partial charge in [0.25, 0.3) is 0 Å². The molecule has 0 spiro atoms. The molecule has 5 nitrogen and oxygen atoms in total. The predicted octanol–water partition coefficient (Wildman–Crippen LogP) is 4.01. The Morgan fingerprint density at radius 3 is 3.00 bits per heavy atom. The van der Waals surface area contributed by atoms with Gasteiger partial charge in [-0.25, -0.2) is 4.79 Å². The van der Waals surface area contributed by atoms with Crippen LogP contribution in [0.2, 0.25) is 5.02 Å². The number of carbonyl (C=O) groups excluding carboxylic acids is 1. The van der Waals surface area contributed by atoms with Crippen molar-refractivity contribution in [3.63, 3.8) is 0 Å². The minimum absolute atomic E-state index is 0.00620. The SMILES string of the molecule is Cc1cc(NC(=O)N2CCCC2c2ccccc2Cl)no1. The first-order chi connectivity index (χ1) is 10.1. The van der Waals surface area contributed by atoms with Gasteiger partial charge in [-0.1, -0.05) is 35.0 Å². The number of halogens is 1. The third-order valence-electron chi connectivity index (χ3n) is 3.64. The van der Waals surface area contributed by atoms with E-state index in [0.29, 0.717) is 23.1 Å². The number of carbonyl (C=O) groups is 1. The average Bonchev–Trinajstić information content (AvgIpc) is 3.08. The molecule has 2 aromatic rings. The maximum Gasteiger partial charge on any atom is 0.323 e. The van der Waals surface area contributed by atoms with E-state index in [0.717, 1.165) is 18.4 Å². The normalized spacial score (nSPS) is 18.0. The number of likely N-dealkylation sites (tertiary alicyclic amines) is 1. The van der Waals surface area contributed by atoms with Crippen molar-refractivity contribution in [1.82, 2.24) is 10.1 Å². The van der Waals surface area contributed by atoms with Crippen LogP contribution in [0.1, 0.15) is 30.2 Å². The molecular weight excluding hydrogens is 290 g/mol. The topological polar surface area (TPSA) is 58.4 Å². The minimum atomic E-state index is -0.175. The quantitative estimate of drug-likeness (QED) is 0.912. The highest BCUT2D eigenvalue weighted by molar-refractivity contribution is 6.31. The highest BCUT2D eigenvalue weighted by Crippen LogP contribution is 2.35. The lowest BCUT2D eigenvalue weighted by Gasteiger charge is -2.25. The van der Waals surface area contributed by atoms with Crippen molar-refractivity contribution < 1.29 is 9.32 Å². The Kier molecular flexibility index (Phi) is 3.84. The Bertz CT molecular complexity index is 656. The summed E-state index contributed by atoms with van der Waals surface area (Å²) in [6.07, 6.45) is 1.87. The van der Waals surface area contributed by atoms with Crippen molar-refractivity contribution in [2.75, 3.05) is 11.9 Å². The number of aromatic nitrogens is 1. The second-order valence-electron chi connectivity index (χ2n) is 5.13. The maximum absolute atomic E-state index is 12.4. The lowest BCUT2D eigenvalue weighted by Crippen LogP contribution is -2.34. The number of nitrogens with zero attached hydrogens (tertiary/aromatic N) is 2. The van der Waals surface area contributed by atoms with Gasteiger partial charge in [0.05, 0.1) is 6.04 Å². The van der Waals surface area contributed by atoms with Crippen molar-refractivity contribution in [3.8, 4) is 0 Å². The second-order valence-corrected chi connectivity index (χ2v) is 5.53. The summed E-state index contributed by atoms with van der Waals surface area (Å²) >= 11 is 6.25. The standard InChI is InChI=1S/C15H16ClN3O2/c1-10-9-14(18-21-10)17-15(20)19-8-4-7-13(19)11-5-2-3-6-12(11)16/h2-3,5-6,9,13H,4,7-8H2,1H3,(H,17,18,20). The summed E-state index contributed by atoms with van der Waals surface area (Å²) in [5.74, 6) is 1.09. The lowest BCUT2D eigenvalue weighted by molar-refractivity contribution is 0.207. The molecule has 1 unspecified atom stereocenters. The van der Waals surface area contributed by atoms with Gasteiger partial charge < -0.3 is 9.42 Å². The van der Waals surface area contributed by atoms with Crippen LogP contribution in [0.15, 0.2) is 34.9 Å². The fourth-order valence-corrected chi connectivity index (χ4v) is 2.95. The van der Waals surface area contributed by atoms with Gasteiger partial charge in [-0.15, -0.1) is 0 Å². The fourth-order valence-electron chi connectivity index (χ4n) is 2.69. The number of urea groups is 1. The molecule has 1 aromatic heterocycles. The van der Waals surface area contributed by atoms with Crippen LogP contribution in [0.3, 0.4) is 0 Å². The van der Waals surface area contributed by atoms with Crippen LogP contribution in [0, 0.1) is 6.92 Å². The highest BCUT2D eigenvalue weighted by atomic mass is 35.5. The number of nitrogens with one attached hydrogen (secondary N) is 1. The monoisotopic (exact) mass is 305 g/mol. The van der Waals surface area contributed by atoms with Crippen LogP contribution in [-0.2, 0) is 0 Å². The molecule has 1 aliphatic rings. The van der Waals surface area contributed by atoms with Gasteiger partial charge in [0.1, 0.15) is 5.76 Å². The van der Waals surface area contributed by atoms with Crippen molar-refractivity contribution in [2.24, 2.45) is 0 Å². The minimum Gasteiger partial charge on any atom is -0.360 e. The zero-order valence-corrected chi connectivity index (χ0v) is 12.4. The summed E-state index contributed by atoms with van der Waals surface area (Å²) in [6, 6.07) is 9.18. The maximum atomic E-state index is 12.4. The van der Waals surface area contributed by atoms with Gasteiger partial charge in [0, 0.05) is 17.6 Å². The molecule has 6 heteroatoms. The molecule has 2 heterocycles. The van der Waals surface area contributed by atoms with E-state index in [1.807, 2.05) is 24.3 Å². The Labute approximate surface area is 127 Å². The van der Waals surface area contributed by atoms with Crippen LogP contribution in [0.5, 0.6) is 0 Å². The van der Waals surface area contributed by atoms with E-state index in [1.165, 1.54) is 0 Å². The molecule has 0 radical (unpaired) electrons. The first-order valence-electron chi connectivity index (χ1n) is 6.90. The van der Waals surface area contributed by atoms with E-state index >= 15 is 0 Å². The first kappa shape index (κ1) is 13.9. The van der Waals surface area contributed by atoms with E-state index in [1.54, 1.807) is 17.9 Å². The molecule has 1 atom stereocenters. The molecular formula is C15H16ClN3O2. The van der Waals surface area contributed by atoms with Crippen LogP contribution in [0.25, 0.3) is 0 Å². The number of hydrogen-bond donors (Lipinski definition) is 1. The van der Waals surface area contributed by atoms with Gasteiger partial charge >= 0.3 is 6.03 Å². The molecule has 0 saturated carbocycles. The van der Waals surface area contributed by atoms with E-state index in [9.17, 15) is 4.79 Å². The Morgan fingerprint density at radius 2 is 2.29 bits per heavy atom. The highest BCUT2D eigenvalue weighted by Gasteiger charge is 2.31. The summed E-state index contributed by atoms with van der Waals surface area (Å²) in [4.78, 5) is 14.2. The molecule has 2 amide bonds. The molecule has 1 saturated heterocycles. The summed E-state index contributed by atoms with van der Waals surface area (Å²) in [6.45, 7) is 2.49. The van der Waals surface area contributed by atoms with Gasteiger partial charge in [-0.3, -0.25) is 5.32 Å². The van der Waals surface area contributed by atoms with E-state index < -0.39 is 0 Å². The van der Waals surface area contributed by atoms with Crippen LogP contribution in [0.4, 0.5) is 10.6 Å². The van der Waals surface area contributed by atoms with Crippen molar-refractivity contribution in [3.05, 3.63) is 46.7 Å². The smallest absolute Gasteiger partial charge is 0.323 e. The Hall–Kier alpha value is -2.01. The molecule has 110 valence electrons. The summed E-state index contributed by atoms with van der Waals surface area (Å²) in [5, 5.41) is 7.24. The van der Waals surface area contributed by atoms with E-state index in [-0.39, 0.29) is 12.1 Å². The molecule has 0 aliphatic carbocycles. The first-order valence-corrected chi connectivity index (χ1v) is 7.28. The van der Waals surface area contributed by atoms with Gasteiger partial charge in [0.2, 0.25) is 0 Å². The summed E-state index contributed by atoms with van der Waals surface area (Å²) in [5.41, 5.74) is 0.989. The van der Waals surface area contributed by atoms with Crippen LogP contribution in [-0.4, -0.2) is 22.6 Å². The third-order valence-corrected chi connectivity index (χ3v) is 3.99. The molecule has 1 aliphatic heterocycles. The lowest BCUT2D eigenvalue weighted by atomic mass is 10.0. The largest absolute Gasteiger partial charge is 0.360 e. The second kappa shape index (κ2) is 5.77. The number of benzene rings is 1. The van der Waals surface area contributed by atoms with Crippen LogP contribution >= 0.6 is 11.6 Å². The van der Waals surface area contributed by atoms with E-state index in [4.69, 9.17) is 16.1 Å². The molecule has 3 rings (SSSR count). The fraction of sp³-hybridized carbons (Fsp3) is 0.333. The predicted molar refractivity (Wildman–Crippen MR) is 80.4 cm³/mol. The van der Waals surface area contributed by atoms with Gasteiger partial charge in [-0.05, 0) is 31.4 Å². The molecule has 21 heavy (non-hydrogen) atoms. The molecule has 1 fully saturated rings. The average molecular weight is 306 g/mol. The number of anilines is 1. The van der Waals surface area contributed by atoms with Gasteiger partial charge in [0.15, 0.2) is 5.82 Å². The summed E-state index contributed by atoms with van der Waals surface area (Å²) in [7, 11) is 0. The van der Waals surface area contributed by atoms with Gasteiger partial charge in [-0.2, -0.15) is 0 Å². The van der Waals surface area contributed by atoms with Crippen molar-refractivity contribution in [2.45, 2.75) is 25.8 Å². The zero-order chi connectivity index (χ0) is 14.8. The molecule has 1 aromatic carbocycles. The van der Waals surface area contributed by atoms with Crippen molar-refractivity contribution in [1.29, 1.82) is 0 Å². The third kappa shape index (κ3) is 2.88. The van der Waals surface area contributed by atoms with Crippen LogP contribution < -0.4 is 5.32 Å². The number of amides is 2. The molecule has 1 N–H and O–H groups in total.